The lowest BCUT2D eigenvalue weighted by atomic mass is 10.3. The van der Waals surface area contributed by atoms with Crippen LogP contribution in [0.4, 0.5) is 4.39 Å². The first kappa shape index (κ1) is 17.4. The van der Waals surface area contributed by atoms with Crippen LogP contribution in [0, 0.1) is 5.82 Å². The van der Waals surface area contributed by atoms with Crippen molar-refractivity contribution in [3.8, 4) is 5.75 Å². The summed E-state index contributed by atoms with van der Waals surface area (Å²) in [5.74, 6) is 0.169. The Morgan fingerprint density at radius 1 is 1.28 bits per heavy atom. The van der Waals surface area contributed by atoms with Crippen molar-refractivity contribution in [3.63, 3.8) is 0 Å². The Balaban J connectivity index is 2.18. The molecule has 0 saturated carbocycles. The largest absolute Gasteiger partial charge is 0.497 e. The minimum atomic E-state index is -3.91. The first-order chi connectivity index (χ1) is 11.9. The van der Waals surface area contributed by atoms with Gasteiger partial charge in [-0.15, -0.1) is 11.0 Å². The number of hydrogen-bond acceptors (Lipinski definition) is 4. The van der Waals surface area contributed by atoms with Gasteiger partial charge in [-0.05, 0) is 42.5 Å². The monoisotopic (exact) mass is 378 g/mol. The number of hydrogen-bond donors (Lipinski definition) is 0. The van der Waals surface area contributed by atoms with Gasteiger partial charge in [0.15, 0.2) is 0 Å². The molecule has 0 spiro atoms. The SMILES string of the molecule is C=CCn1/c(=N/S(=O)(=O)c2ccc(OC)cc2)sc2cc(F)ccc21. The van der Waals surface area contributed by atoms with E-state index in [1.807, 2.05) is 0 Å². The van der Waals surface area contributed by atoms with E-state index >= 15 is 0 Å². The third-order valence-corrected chi connectivity index (χ3v) is 5.95. The van der Waals surface area contributed by atoms with E-state index in [4.69, 9.17) is 4.74 Å². The molecule has 0 aliphatic rings. The van der Waals surface area contributed by atoms with E-state index in [9.17, 15) is 12.8 Å². The van der Waals surface area contributed by atoms with Gasteiger partial charge >= 0.3 is 0 Å². The fourth-order valence-electron chi connectivity index (χ4n) is 2.33. The van der Waals surface area contributed by atoms with Gasteiger partial charge in [0, 0.05) is 6.54 Å². The molecule has 0 bridgehead atoms. The van der Waals surface area contributed by atoms with Crippen LogP contribution >= 0.6 is 11.3 Å². The van der Waals surface area contributed by atoms with Gasteiger partial charge in [0.1, 0.15) is 11.6 Å². The standard InChI is InChI=1S/C17H15FN2O3S2/c1-3-10-20-15-9-4-12(18)11-16(15)24-17(20)19-25(21,22)14-7-5-13(23-2)6-8-14/h3-9,11H,1,10H2,2H3/b19-17-. The van der Waals surface area contributed by atoms with Crippen LogP contribution in [0.1, 0.15) is 0 Å². The van der Waals surface area contributed by atoms with Crippen LogP contribution in [0.15, 0.2) is 64.4 Å². The highest BCUT2D eigenvalue weighted by molar-refractivity contribution is 7.90. The Labute approximate surface area is 148 Å². The van der Waals surface area contributed by atoms with E-state index in [1.54, 1.807) is 28.8 Å². The lowest BCUT2D eigenvalue weighted by molar-refractivity contribution is 0.414. The molecule has 25 heavy (non-hydrogen) atoms. The van der Waals surface area contributed by atoms with E-state index in [0.717, 1.165) is 11.3 Å². The number of rotatable bonds is 5. The van der Waals surface area contributed by atoms with E-state index in [0.29, 0.717) is 22.5 Å². The molecule has 2 aromatic carbocycles. The number of methoxy groups -OCH3 is 1. The summed E-state index contributed by atoms with van der Waals surface area (Å²) >= 11 is 1.11. The van der Waals surface area contributed by atoms with Gasteiger partial charge in [-0.2, -0.15) is 8.42 Å². The third kappa shape index (κ3) is 3.49. The summed E-state index contributed by atoms with van der Waals surface area (Å²) in [5.41, 5.74) is 0.704. The summed E-state index contributed by atoms with van der Waals surface area (Å²) < 4.78 is 49.9. The van der Waals surface area contributed by atoms with Gasteiger partial charge in [-0.25, -0.2) is 4.39 Å². The molecule has 0 N–H and O–H groups in total. The molecule has 0 saturated heterocycles. The highest BCUT2D eigenvalue weighted by atomic mass is 32.2. The van der Waals surface area contributed by atoms with Crippen LogP contribution in [0.25, 0.3) is 10.2 Å². The molecule has 1 aromatic heterocycles. The van der Waals surface area contributed by atoms with Crippen molar-refractivity contribution in [2.45, 2.75) is 11.4 Å². The molecule has 0 atom stereocenters. The molecule has 8 heteroatoms. The normalized spacial score (nSPS) is 12.5. The van der Waals surface area contributed by atoms with Crippen LogP contribution < -0.4 is 9.54 Å². The molecule has 3 rings (SSSR count). The smallest absolute Gasteiger partial charge is 0.285 e. The van der Waals surface area contributed by atoms with Crippen LogP contribution in [0.5, 0.6) is 5.75 Å². The fraction of sp³-hybridized carbons (Fsp3) is 0.118. The van der Waals surface area contributed by atoms with Crippen LogP contribution in [0.3, 0.4) is 0 Å². The zero-order chi connectivity index (χ0) is 18.0. The second-order valence-electron chi connectivity index (χ2n) is 5.14. The molecule has 0 amide bonds. The van der Waals surface area contributed by atoms with Crippen molar-refractivity contribution in [2.24, 2.45) is 4.40 Å². The Morgan fingerprint density at radius 3 is 2.64 bits per heavy atom. The van der Waals surface area contributed by atoms with Crippen molar-refractivity contribution in [1.29, 1.82) is 0 Å². The van der Waals surface area contributed by atoms with E-state index in [1.165, 1.54) is 31.4 Å². The second kappa shape index (κ2) is 6.81. The Morgan fingerprint density at radius 2 is 2.00 bits per heavy atom. The maximum Gasteiger partial charge on any atom is 0.285 e. The van der Waals surface area contributed by atoms with Gasteiger partial charge in [-0.1, -0.05) is 17.4 Å². The second-order valence-corrected chi connectivity index (χ2v) is 7.75. The number of allylic oxidation sites excluding steroid dienone is 1. The quantitative estimate of drug-likeness (QED) is 0.640. The van der Waals surface area contributed by atoms with Gasteiger partial charge < -0.3 is 9.30 Å². The third-order valence-electron chi connectivity index (χ3n) is 3.51. The average Bonchev–Trinajstić information content (AvgIpc) is 2.91. The molecule has 0 radical (unpaired) electrons. The summed E-state index contributed by atoms with van der Waals surface area (Å²) in [7, 11) is -2.40. The number of fused-ring (bicyclic) bond motifs is 1. The number of aromatic nitrogens is 1. The van der Waals surface area contributed by atoms with Crippen molar-refractivity contribution in [3.05, 3.63) is 65.7 Å². The fourth-order valence-corrected chi connectivity index (χ4v) is 4.59. The molecule has 5 nitrogen and oxygen atoms in total. The van der Waals surface area contributed by atoms with E-state index in [2.05, 4.69) is 11.0 Å². The number of sulfonamides is 1. The van der Waals surface area contributed by atoms with Crippen molar-refractivity contribution in [1.82, 2.24) is 4.57 Å². The molecule has 0 aliphatic carbocycles. The first-order valence-corrected chi connectivity index (χ1v) is 9.55. The van der Waals surface area contributed by atoms with Crippen LogP contribution in [-0.2, 0) is 16.6 Å². The maximum absolute atomic E-state index is 13.5. The molecule has 0 unspecified atom stereocenters. The highest BCUT2D eigenvalue weighted by Gasteiger charge is 2.15. The highest BCUT2D eigenvalue weighted by Crippen LogP contribution is 2.21. The lowest BCUT2D eigenvalue weighted by Gasteiger charge is -2.03. The minimum Gasteiger partial charge on any atom is -0.497 e. The summed E-state index contributed by atoms with van der Waals surface area (Å²) in [6, 6.07) is 10.3. The minimum absolute atomic E-state index is 0.0575. The maximum atomic E-state index is 13.5. The van der Waals surface area contributed by atoms with E-state index < -0.39 is 10.0 Å². The predicted molar refractivity (Wildman–Crippen MR) is 95.7 cm³/mol. The van der Waals surface area contributed by atoms with Crippen LogP contribution in [-0.4, -0.2) is 20.1 Å². The number of halogens is 1. The zero-order valence-corrected chi connectivity index (χ0v) is 15.0. The molecular formula is C17H15FN2O3S2. The van der Waals surface area contributed by atoms with Crippen molar-refractivity contribution in [2.75, 3.05) is 7.11 Å². The van der Waals surface area contributed by atoms with Crippen molar-refractivity contribution < 1.29 is 17.5 Å². The molecule has 3 aromatic rings. The number of benzene rings is 2. The molecule has 130 valence electrons. The van der Waals surface area contributed by atoms with Gasteiger partial charge in [0.2, 0.25) is 4.80 Å². The zero-order valence-electron chi connectivity index (χ0n) is 13.3. The van der Waals surface area contributed by atoms with Crippen molar-refractivity contribution >= 4 is 31.6 Å². The summed E-state index contributed by atoms with van der Waals surface area (Å²) in [5, 5.41) is 0. The first-order valence-electron chi connectivity index (χ1n) is 7.29. The molecular weight excluding hydrogens is 363 g/mol. The van der Waals surface area contributed by atoms with Crippen LogP contribution in [0.2, 0.25) is 0 Å². The Hall–Kier alpha value is -2.45. The molecule has 0 aliphatic heterocycles. The Kier molecular flexibility index (Phi) is 4.73. The average molecular weight is 378 g/mol. The van der Waals surface area contributed by atoms with Gasteiger partial charge in [-0.3, -0.25) is 0 Å². The van der Waals surface area contributed by atoms with Gasteiger partial charge in [0.05, 0.1) is 22.2 Å². The molecule has 0 fully saturated rings. The van der Waals surface area contributed by atoms with Gasteiger partial charge in [0.25, 0.3) is 10.0 Å². The number of nitrogens with zero attached hydrogens (tertiary/aromatic N) is 2. The summed E-state index contributed by atoms with van der Waals surface area (Å²) in [4.78, 5) is 0.318. The molecule has 1 heterocycles. The number of thiazole rings is 1. The topological polar surface area (TPSA) is 60.7 Å². The van der Waals surface area contributed by atoms with E-state index in [-0.39, 0.29) is 15.5 Å². The lowest BCUT2D eigenvalue weighted by Crippen LogP contribution is -2.16. The summed E-state index contributed by atoms with van der Waals surface area (Å²) in [6.07, 6.45) is 1.63. The summed E-state index contributed by atoms with van der Waals surface area (Å²) in [6.45, 7) is 4.04. The number of ether oxygens (including phenoxy) is 1. The Bertz CT molecular complexity index is 1100. The predicted octanol–water partition coefficient (Wildman–Crippen LogP) is 3.33.